The van der Waals surface area contributed by atoms with Gasteiger partial charge in [0.1, 0.15) is 0 Å². The van der Waals surface area contributed by atoms with Crippen molar-refractivity contribution >= 4 is 23.6 Å². The number of methoxy groups -OCH3 is 1. The zero-order valence-electron chi connectivity index (χ0n) is 18.2. The Labute approximate surface area is 177 Å². The average molecular weight is 411 g/mol. The summed E-state index contributed by atoms with van der Waals surface area (Å²) in [7, 11) is 1.56. The number of aryl methyl sites for hydroxylation is 2. The van der Waals surface area contributed by atoms with Crippen molar-refractivity contribution in [2.24, 2.45) is 5.92 Å². The summed E-state index contributed by atoms with van der Waals surface area (Å²) in [4.78, 5) is 24.0. The molecule has 0 radical (unpaired) electrons. The molecule has 30 heavy (non-hydrogen) atoms. The molecule has 0 aliphatic carbocycles. The number of benzene rings is 2. The predicted molar refractivity (Wildman–Crippen MR) is 118 cm³/mol. The molecule has 1 N–H and O–H groups in total. The van der Waals surface area contributed by atoms with Gasteiger partial charge in [-0.25, -0.2) is 4.79 Å². The zero-order valence-corrected chi connectivity index (χ0v) is 18.2. The first kappa shape index (κ1) is 23.0. The van der Waals surface area contributed by atoms with Crippen LogP contribution in [0.1, 0.15) is 30.5 Å². The van der Waals surface area contributed by atoms with E-state index in [1.165, 1.54) is 6.08 Å². The molecule has 2 aromatic rings. The lowest BCUT2D eigenvalue weighted by molar-refractivity contribution is -0.142. The molecule has 2 rings (SSSR count). The van der Waals surface area contributed by atoms with Crippen LogP contribution in [0, 0.1) is 19.8 Å². The monoisotopic (exact) mass is 411 g/mol. The normalized spacial score (nSPS) is 10.9. The first-order valence-electron chi connectivity index (χ1n) is 9.81. The minimum absolute atomic E-state index is 0.359. The number of rotatable bonds is 9. The van der Waals surface area contributed by atoms with Crippen LogP contribution in [0.3, 0.4) is 0 Å². The number of carbonyl (C=O) groups is 2. The van der Waals surface area contributed by atoms with Crippen molar-refractivity contribution in [3.05, 3.63) is 59.2 Å². The highest BCUT2D eigenvalue weighted by Gasteiger charge is 2.09. The molecule has 0 heterocycles. The summed E-state index contributed by atoms with van der Waals surface area (Å²) in [6.07, 6.45) is 2.87. The fraction of sp³-hybridized carbons (Fsp3) is 0.333. The lowest BCUT2D eigenvalue weighted by atomic mass is 10.1. The lowest BCUT2D eigenvalue weighted by Crippen LogP contribution is -2.20. The average Bonchev–Trinajstić information content (AvgIpc) is 2.72. The minimum atomic E-state index is -0.606. The molecular weight excluding hydrogens is 382 g/mol. The van der Waals surface area contributed by atoms with Crippen molar-refractivity contribution in [2.75, 3.05) is 25.6 Å². The third kappa shape index (κ3) is 7.28. The number of nitrogens with one attached hydrogen (secondary N) is 1. The highest BCUT2D eigenvalue weighted by molar-refractivity contribution is 5.95. The van der Waals surface area contributed by atoms with Crippen molar-refractivity contribution in [3.63, 3.8) is 0 Å². The van der Waals surface area contributed by atoms with Crippen LogP contribution in [0.2, 0.25) is 0 Å². The Morgan fingerprint density at radius 2 is 1.83 bits per heavy atom. The second-order valence-electron chi connectivity index (χ2n) is 7.42. The maximum absolute atomic E-state index is 12.0. The molecule has 0 aromatic heterocycles. The van der Waals surface area contributed by atoms with E-state index in [1.807, 2.05) is 38.1 Å². The van der Waals surface area contributed by atoms with Crippen LogP contribution in [0.4, 0.5) is 5.69 Å². The summed E-state index contributed by atoms with van der Waals surface area (Å²) in [5.74, 6) is 0.633. The first-order chi connectivity index (χ1) is 14.3. The topological polar surface area (TPSA) is 73.9 Å². The van der Waals surface area contributed by atoms with Crippen LogP contribution in [0.25, 0.3) is 6.08 Å². The maximum atomic E-state index is 12.0. The van der Waals surface area contributed by atoms with Crippen LogP contribution in [-0.2, 0) is 14.3 Å². The zero-order chi connectivity index (χ0) is 22.1. The predicted octanol–water partition coefficient (Wildman–Crippen LogP) is 4.54. The summed E-state index contributed by atoms with van der Waals surface area (Å²) in [6.45, 7) is 8.20. The van der Waals surface area contributed by atoms with E-state index in [1.54, 1.807) is 25.3 Å². The van der Waals surface area contributed by atoms with Gasteiger partial charge in [-0.1, -0.05) is 32.0 Å². The Hall–Kier alpha value is -3.28. The van der Waals surface area contributed by atoms with Crippen molar-refractivity contribution < 1.29 is 23.8 Å². The SMILES string of the molecule is COc1cc(/C=C/C(=O)OCC(=O)Nc2cc(C)ccc2C)ccc1OCC(C)C. The van der Waals surface area contributed by atoms with Crippen LogP contribution < -0.4 is 14.8 Å². The Morgan fingerprint density at radius 1 is 1.07 bits per heavy atom. The third-order valence-corrected chi connectivity index (χ3v) is 4.18. The Balaban J connectivity index is 1.89. The maximum Gasteiger partial charge on any atom is 0.331 e. The number of esters is 1. The van der Waals surface area contributed by atoms with Gasteiger partial charge in [0.25, 0.3) is 5.91 Å². The highest BCUT2D eigenvalue weighted by Crippen LogP contribution is 2.29. The van der Waals surface area contributed by atoms with Crippen molar-refractivity contribution in [3.8, 4) is 11.5 Å². The van der Waals surface area contributed by atoms with Crippen LogP contribution in [0.15, 0.2) is 42.5 Å². The molecule has 0 fully saturated rings. The van der Waals surface area contributed by atoms with E-state index in [9.17, 15) is 9.59 Å². The molecule has 0 atom stereocenters. The van der Waals surface area contributed by atoms with E-state index < -0.39 is 11.9 Å². The second-order valence-corrected chi connectivity index (χ2v) is 7.42. The fourth-order valence-electron chi connectivity index (χ4n) is 2.57. The second kappa shape index (κ2) is 11.0. The standard InChI is InChI=1S/C24H29NO5/c1-16(2)14-29-21-10-8-19(13-22(21)28-5)9-11-24(27)30-15-23(26)25-20-12-17(3)6-7-18(20)4/h6-13,16H,14-15H2,1-5H3,(H,25,26)/b11-9+. The van der Waals surface area contributed by atoms with Gasteiger partial charge < -0.3 is 19.5 Å². The molecule has 0 aliphatic heterocycles. The van der Waals surface area contributed by atoms with Gasteiger partial charge in [0, 0.05) is 11.8 Å². The summed E-state index contributed by atoms with van der Waals surface area (Å²) < 4.78 is 16.1. The number of anilines is 1. The van der Waals surface area contributed by atoms with Crippen molar-refractivity contribution in [1.82, 2.24) is 0 Å². The van der Waals surface area contributed by atoms with E-state index in [0.29, 0.717) is 29.7 Å². The largest absolute Gasteiger partial charge is 0.493 e. The Bertz CT molecular complexity index is 918. The summed E-state index contributed by atoms with van der Waals surface area (Å²) in [5.41, 5.74) is 3.43. The molecule has 6 nitrogen and oxygen atoms in total. The van der Waals surface area contributed by atoms with Gasteiger partial charge in [-0.15, -0.1) is 0 Å². The summed E-state index contributed by atoms with van der Waals surface area (Å²) in [6, 6.07) is 11.1. The van der Waals surface area contributed by atoms with Crippen LogP contribution in [-0.4, -0.2) is 32.2 Å². The molecule has 160 valence electrons. The number of hydrogen-bond acceptors (Lipinski definition) is 5. The van der Waals surface area contributed by atoms with Crippen LogP contribution >= 0.6 is 0 Å². The fourth-order valence-corrected chi connectivity index (χ4v) is 2.57. The molecule has 0 saturated heterocycles. The Kier molecular flexibility index (Phi) is 8.47. The molecule has 0 aliphatic rings. The van der Waals surface area contributed by atoms with Crippen molar-refractivity contribution in [1.29, 1.82) is 0 Å². The van der Waals surface area contributed by atoms with Gasteiger partial charge in [0.05, 0.1) is 13.7 Å². The number of carbonyl (C=O) groups excluding carboxylic acids is 2. The Morgan fingerprint density at radius 3 is 2.53 bits per heavy atom. The lowest BCUT2D eigenvalue weighted by Gasteiger charge is -2.12. The van der Waals surface area contributed by atoms with E-state index in [4.69, 9.17) is 14.2 Å². The number of hydrogen-bond donors (Lipinski definition) is 1. The molecule has 0 unspecified atom stereocenters. The van der Waals surface area contributed by atoms with Gasteiger partial charge in [-0.05, 0) is 60.7 Å². The van der Waals surface area contributed by atoms with Crippen LogP contribution in [0.5, 0.6) is 11.5 Å². The van der Waals surface area contributed by atoms with E-state index in [2.05, 4.69) is 19.2 Å². The molecular formula is C24H29NO5. The first-order valence-corrected chi connectivity index (χ1v) is 9.81. The highest BCUT2D eigenvalue weighted by atomic mass is 16.5. The van der Waals surface area contributed by atoms with Gasteiger partial charge in [-0.3, -0.25) is 4.79 Å². The van der Waals surface area contributed by atoms with Gasteiger partial charge in [0.15, 0.2) is 18.1 Å². The minimum Gasteiger partial charge on any atom is -0.493 e. The van der Waals surface area contributed by atoms with Crippen molar-refractivity contribution in [2.45, 2.75) is 27.7 Å². The number of ether oxygens (including phenoxy) is 3. The van der Waals surface area contributed by atoms with Gasteiger partial charge in [0.2, 0.25) is 0 Å². The van der Waals surface area contributed by atoms with E-state index >= 15 is 0 Å². The molecule has 0 saturated carbocycles. The molecule has 0 bridgehead atoms. The third-order valence-electron chi connectivity index (χ3n) is 4.18. The van der Waals surface area contributed by atoms with Gasteiger partial charge >= 0.3 is 5.97 Å². The quantitative estimate of drug-likeness (QED) is 0.484. The van der Waals surface area contributed by atoms with E-state index in [-0.39, 0.29) is 6.61 Å². The molecule has 1 amide bonds. The summed E-state index contributed by atoms with van der Waals surface area (Å²) in [5, 5.41) is 2.75. The van der Waals surface area contributed by atoms with E-state index in [0.717, 1.165) is 16.7 Å². The molecule has 2 aromatic carbocycles. The number of amides is 1. The molecule has 0 spiro atoms. The summed E-state index contributed by atoms with van der Waals surface area (Å²) >= 11 is 0. The van der Waals surface area contributed by atoms with Gasteiger partial charge in [-0.2, -0.15) is 0 Å². The molecule has 6 heteroatoms. The smallest absolute Gasteiger partial charge is 0.331 e.